The van der Waals surface area contributed by atoms with Crippen molar-refractivity contribution in [3.8, 4) is 0 Å². The SMILES string of the molecule is CCc1nc(NC(=O)C2(N)CC2)sc1C. The molecular formula is C10H15N3OS. The number of anilines is 1. The molecule has 82 valence electrons. The van der Waals surface area contributed by atoms with Crippen molar-refractivity contribution in [3.05, 3.63) is 10.6 Å². The fraction of sp³-hybridized carbons (Fsp3) is 0.600. The number of aryl methyl sites for hydroxylation is 2. The van der Waals surface area contributed by atoms with Crippen LogP contribution in [0.1, 0.15) is 30.3 Å². The van der Waals surface area contributed by atoms with Crippen LogP contribution in [-0.2, 0) is 11.2 Å². The van der Waals surface area contributed by atoms with Crippen LogP contribution in [0.3, 0.4) is 0 Å². The van der Waals surface area contributed by atoms with Crippen LogP contribution in [0.2, 0.25) is 0 Å². The Bertz CT molecular complexity index is 395. The van der Waals surface area contributed by atoms with Crippen molar-refractivity contribution in [1.82, 2.24) is 4.98 Å². The molecule has 1 heterocycles. The van der Waals surface area contributed by atoms with Gasteiger partial charge in [-0.2, -0.15) is 0 Å². The van der Waals surface area contributed by atoms with Crippen LogP contribution in [0, 0.1) is 6.92 Å². The Morgan fingerprint density at radius 2 is 2.33 bits per heavy atom. The number of nitrogens with two attached hydrogens (primary N) is 1. The van der Waals surface area contributed by atoms with Crippen molar-refractivity contribution in [2.24, 2.45) is 5.73 Å². The predicted molar refractivity (Wildman–Crippen MR) is 61.0 cm³/mol. The summed E-state index contributed by atoms with van der Waals surface area (Å²) in [7, 11) is 0. The number of rotatable bonds is 3. The molecule has 0 spiro atoms. The molecule has 1 aliphatic rings. The average molecular weight is 225 g/mol. The van der Waals surface area contributed by atoms with E-state index in [9.17, 15) is 4.79 Å². The average Bonchev–Trinajstić information content (AvgIpc) is 2.84. The normalized spacial score (nSPS) is 17.5. The number of amides is 1. The van der Waals surface area contributed by atoms with Crippen molar-refractivity contribution in [1.29, 1.82) is 0 Å². The monoisotopic (exact) mass is 225 g/mol. The van der Waals surface area contributed by atoms with E-state index in [1.807, 2.05) is 6.92 Å². The molecule has 0 unspecified atom stereocenters. The Kier molecular flexibility index (Phi) is 2.52. The Morgan fingerprint density at radius 1 is 1.67 bits per heavy atom. The molecular weight excluding hydrogens is 210 g/mol. The Labute approximate surface area is 92.9 Å². The van der Waals surface area contributed by atoms with Crippen LogP contribution in [0.4, 0.5) is 5.13 Å². The van der Waals surface area contributed by atoms with Crippen LogP contribution in [0.15, 0.2) is 0 Å². The second kappa shape index (κ2) is 3.57. The maximum Gasteiger partial charge on any atom is 0.246 e. The molecule has 1 aliphatic carbocycles. The second-order valence-corrected chi connectivity index (χ2v) is 5.19. The standard InChI is InChI=1S/C10H15N3OS/c1-3-7-6(2)15-9(12-7)13-8(14)10(11)4-5-10/h3-5,11H2,1-2H3,(H,12,13,14). The molecule has 15 heavy (non-hydrogen) atoms. The summed E-state index contributed by atoms with van der Waals surface area (Å²) < 4.78 is 0. The quantitative estimate of drug-likeness (QED) is 0.818. The van der Waals surface area contributed by atoms with E-state index in [-0.39, 0.29) is 5.91 Å². The number of hydrogen-bond acceptors (Lipinski definition) is 4. The molecule has 0 atom stereocenters. The van der Waals surface area contributed by atoms with Crippen LogP contribution in [0.5, 0.6) is 0 Å². The first-order chi connectivity index (χ1) is 7.05. The number of hydrogen-bond donors (Lipinski definition) is 2. The van der Waals surface area contributed by atoms with Gasteiger partial charge in [-0.25, -0.2) is 4.98 Å². The van der Waals surface area contributed by atoms with Crippen molar-refractivity contribution < 1.29 is 4.79 Å². The van der Waals surface area contributed by atoms with E-state index in [2.05, 4.69) is 17.2 Å². The van der Waals surface area contributed by atoms with E-state index >= 15 is 0 Å². The van der Waals surface area contributed by atoms with E-state index in [1.165, 1.54) is 11.3 Å². The van der Waals surface area contributed by atoms with Crippen molar-refractivity contribution in [2.45, 2.75) is 38.6 Å². The fourth-order valence-electron chi connectivity index (χ4n) is 1.39. The van der Waals surface area contributed by atoms with Gasteiger partial charge < -0.3 is 11.1 Å². The largest absolute Gasteiger partial charge is 0.317 e. The van der Waals surface area contributed by atoms with E-state index in [0.717, 1.165) is 29.8 Å². The molecule has 1 saturated carbocycles. The first kappa shape index (κ1) is 10.6. The fourth-order valence-corrected chi connectivity index (χ4v) is 2.29. The second-order valence-electron chi connectivity index (χ2n) is 3.99. The van der Waals surface area contributed by atoms with Crippen LogP contribution in [-0.4, -0.2) is 16.4 Å². The van der Waals surface area contributed by atoms with E-state index in [1.54, 1.807) is 0 Å². The van der Waals surface area contributed by atoms with E-state index in [0.29, 0.717) is 5.13 Å². The van der Waals surface area contributed by atoms with Crippen LogP contribution < -0.4 is 11.1 Å². The van der Waals surface area contributed by atoms with Gasteiger partial charge in [-0.1, -0.05) is 6.92 Å². The highest BCUT2D eigenvalue weighted by molar-refractivity contribution is 7.15. The third kappa shape index (κ3) is 2.03. The Morgan fingerprint density at radius 3 is 2.80 bits per heavy atom. The summed E-state index contributed by atoms with van der Waals surface area (Å²) in [5.41, 5.74) is 6.21. The van der Waals surface area contributed by atoms with Gasteiger partial charge in [-0.3, -0.25) is 4.79 Å². The lowest BCUT2D eigenvalue weighted by Crippen LogP contribution is -2.37. The highest BCUT2D eigenvalue weighted by Crippen LogP contribution is 2.34. The van der Waals surface area contributed by atoms with Gasteiger partial charge in [0.05, 0.1) is 11.2 Å². The summed E-state index contributed by atoms with van der Waals surface area (Å²) in [4.78, 5) is 17.1. The molecule has 0 bridgehead atoms. The maximum atomic E-state index is 11.6. The number of thiazole rings is 1. The summed E-state index contributed by atoms with van der Waals surface area (Å²) >= 11 is 1.51. The zero-order chi connectivity index (χ0) is 11.1. The highest BCUT2D eigenvalue weighted by atomic mass is 32.1. The number of carbonyl (C=O) groups excluding carboxylic acids is 1. The van der Waals surface area contributed by atoms with Gasteiger partial charge in [-0.05, 0) is 26.2 Å². The van der Waals surface area contributed by atoms with Gasteiger partial charge in [0.2, 0.25) is 5.91 Å². The zero-order valence-corrected chi connectivity index (χ0v) is 9.78. The first-order valence-electron chi connectivity index (χ1n) is 5.12. The summed E-state index contributed by atoms with van der Waals surface area (Å²) in [5, 5.41) is 3.46. The molecule has 1 amide bonds. The maximum absolute atomic E-state index is 11.6. The smallest absolute Gasteiger partial charge is 0.246 e. The molecule has 0 saturated heterocycles. The Balaban J connectivity index is 2.07. The Hall–Kier alpha value is -0.940. The van der Waals surface area contributed by atoms with Crippen molar-refractivity contribution in [2.75, 3.05) is 5.32 Å². The highest BCUT2D eigenvalue weighted by Gasteiger charge is 2.46. The van der Waals surface area contributed by atoms with Gasteiger partial charge in [0.25, 0.3) is 0 Å². The van der Waals surface area contributed by atoms with Gasteiger partial charge in [0.15, 0.2) is 5.13 Å². The van der Waals surface area contributed by atoms with Crippen LogP contribution in [0.25, 0.3) is 0 Å². The van der Waals surface area contributed by atoms with E-state index < -0.39 is 5.54 Å². The number of nitrogens with zero attached hydrogens (tertiary/aromatic N) is 1. The summed E-state index contributed by atoms with van der Waals surface area (Å²) in [6.07, 6.45) is 2.46. The third-order valence-corrected chi connectivity index (χ3v) is 3.62. The molecule has 2 rings (SSSR count). The van der Waals surface area contributed by atoms with Crippen molar-refractivity contribution in [3.63, 3.8) is 0 Å². The number of aromatic nitrogens is 1. The van der Waals surface area contributed by atoms with Crippen LogP contribution >= 0.6 is 11.3 Å². The molecule has 4 nitrogen and oxygen atoms in total. The summed E-state index contributed by atoms with van der Waals surface area (Å²) in [5.74, 6) is -0.0982. The van der Waals surface area contributed by atoms with Gasteiger partial charge in [0, 0.05) is 4.88 Å². The lowest BCUT2D eigenvalue weighted by molar-refractivity contribution is -0.118. The lowest BCUT2D eigenvalue weighted by atomic mass is 10.3. The summed E-state index contributed by atoms with van der Waals surface area (Å²) in [6.45, 7) is 4.07. The topological polar surface area (TPSA) is 68.0 Å². The minimum absolute atomic E-state index is 0.0982. The van der Waals surface area contributed by atoms with Crippen molar-refractivity contribution >= 4 is 22.4 Å². The van der Waals surface area contributed by atoms with Gasteiger partial charge in [0.1, 0.15) is 0 Å². The molecule has 0 radical (unpaired) electrons. The molecule has 3 N–H and O–H groups in total. The predicted octanol–water partition coefficient (Wildman–Crippen LogP) is 1.44. The first-order valence-corrected chi connectivity index (χ1v) is 5.93. The molecule has 0 aromatic carbocycles. The third-order valence-electron chi connectivity index (χ3n) is 2.69. The minimum atomic E-state index is -0.619. The molecule has 1 aromatic heterocycles. The zero-order valence-electron chi connectivity index (χ0n) is 8.96. The molecule has 1 fully saturated rings. The summed E-state index contributed by atoms with van der Waals surface area (Å²) in [6, 6.07) is 0. The molecule has 0 aliphatic heterocycles. The molecule has 1 aromatic rings. The van der Waals surface area contributed by atoms with Gasteiger partial charge >= 0.3 is 0 Å². The minimum Gasteiger partial charge on any atom is -0.317 e. The number of nitrogens with one attached hydrogen (secondary N) is 1. The molecule has 5 heteroatoms. The lowest BCUT2D eigenvalue weighted by Gasteiger charge is -2.06. The number of carbonyl (C=O) groups is 1. The van der Waals surface area contributed by atoms with E-state index in [4.69, 9.17) is 5.73 Å². The van der Waals surface area contributed by atoms with Gasteiger partial charge in [-0.15, -0.1) is 11.3 Å².